The number of hydrogen-bond acceptors (Lipinski definition) is 5. The fraction of sp³-hybridized carbons (Fsp3) is 0.467. The maximum absolute atomic E-state index is 13.8. The molecular formula is C30H38N4O5. The van der Waals surface area contributed by atoms with Gasteiger partial charge in [-0.05, 0) is 56.1 Å². The SMILES string of the molecule is NC(CC(=O)NC(CCc1ccccc1)C(=O)N1CCCC1C(=O)N1CCCC1C(=O)O)Cc1ccccc1. The quantitative estimate of drug-likeness (QED) is 0.405. The summed E-state index contributed by atoms with van der Waals surface area (Å²) in [6, 6.07) is 16.6. The van der Waals surface area contributed by atoms with Gasteiger partial charge in [0, 0.05) is 25.6 Å². The molecule has 0 radical (unpaired) electrons. The second-order valence-corrected chi connectivity index (χ2v) is 10.5. The maximum atomic E-state index is 13.8. The van der Waals surface area contributed by atoms with Crippen molar-refractivity contribution in [2.45, 2.75) is 75.5 Å². The molecule has 0 bridgehead atoms. The van der Waals surface area contributed by atoms with Crippen LogP contribution in [0, 0.1) is 0 Å². The summed E-state index contributed by atoms with van der Waals surface area (Å²) < 4.78 is 0. The number of rotatable bonds is 11. The fourth-order valence-corrected chi connectivity index (χ4v) is 5.66. The first kappa shape index (κ1) is 28.3. The predicted octanol–water partition coefficient (Wildman–Crippen LogP) is 2.13. The van der Waals surface area contributed by atoms with Crippen LogP contribution in [0.1, 0.15) is 49.7 Å². The molecule has 2 aromatic rings. The van der Waals surface area contributed by atoms with E-state index in [0.29, 0.717) is 58.0 Å². The van der Waals surface area contributed by atoms with Crippen molar-refractivity contribution in [3.05, 3.63) is 71.8 Å². The number of nitrogens with two attached hydrogens (primary N) is 1. The molecule has 0 saturated carbocycles. The van der Waals surface area contributed by atoms with Crippen molar-refractivity contribution < 1.29 is 24.3 Å². The van der Waals surface area contributed by atoms with E-state index in [1.54, 1.807) is 4.90 Å². The van der Waals surface area contributed by atoms with Crippen LogP contribution in [0.5, 0.6) is 0 Å². The minimum Gasteiger partial charge on any atom is -0.480 e. The van der Waals surface area contributed by atoms with Crippen LogP contribution < -0.4 is 11.1 Å². The van der Waals surface area contributed by atoms with Crippen molar-refractivity contribution in [2.24, 2.45) is 5.73 Å². The van der Waals surface area contributed by atoms with Crippen LogP contribution in [-0.2, 0) is 32.0 Å². The van der Waals surface area contributed by atoms with Gasteiger partial charge in [0.2, 0.25) is 17.7 Å². The number of hydrogen-bond donors (Lipinski definition) is 3. The van der Waals surface area contributed by atoms with Crippen molar-refractivity contribution in [1.29, 1.82) is 0 Å². The summed E-state index contributed by atoms with van der Waals surface area (Å²) >= 11 is 0. The van der Waals surface area contributed by atoms with Crippen LogP contribution in [0.4, 0.5) is 0 Å². The van der Waals surface area contributed by atoms with Gasteiger partial charge in [-0.15, -0.1) is 0 Å². The summed E-state index contributed by atoms with van der Waals surface area (Å²) in [5.74, 6) is -1.95. The third-order valence-electron chi connectivity index (χ3n) is 7.63. The number of aryl methyl sites for hydroxylation is 1. The lowest BCUT2D eigenvalue weighted by Crippen LogP contribution is -2.55. The van der Waals surface area contributed by atoms with Crippen LogP contribution in [0.25, 0.3) is 0 Å². The van der Waals surface area contributed by atoms with E-state index in [-0.39, 0.29) is 24.1 Å². The molecule has 3 amide bonds. The highest BCUT2D eigenvalue weighted by Gasteiger charge is 2.43. The molecule has 4 rings (SSSR count). The van der Waals surface area contributed by atoms with E-state index in [9.17, 15) is 24.3 Å². The summed E-state index contributed by atoms with van der Waals surface area (Å²) in [5.41, 5.74) is 8.34. The average molecular weight is 535 g/mol. The number of likely N-dealkylation sites (tertiary alicyclic amines) is 2. The van der Waals surface area contributed by atoms with Gasteiger partial charge >= 0.3 is 5.97 Å². The number of amides is 3. The zero-order valence-electron chi connectivity index (χ0n) is 22.2. The van der Waals surface area contributed by atoms with Gasteiger partial charge in [-0.3, -0.25) is 14.4 Å². The Morgan fingerprint density at radius 1 is 0.872 bits per heavy atom. The highest BCUT2D eigenvalue weighted by molar-refractivity contribution is 5.94. The van der Waals surface area contributed by atoms with Crippen LogP contribution in [0.3, 0.4) is 0 Å². The van der Waals surface area contributed by atoms with Crippen molar-refractivity contribution in [2.75, 3.05) is 13.1 Å². The fourth-order valence-electron chi connectivity index (χ4n) is 5.66. The second-order valence-electron chi connectivity index (χ2n) is 10.5. The van der Waals surface area contributed by atoms with Gasteiger partial charge in [0.25, 0.3) is 0 Å². The number of nitrogens with zero attached hydrogens (tertiary/aromatic N) is 2. The lowest BCUT2D eigenvalue weighted by atomic mass is 10.0. The molecule has 208 valence electrons. The third-order valence-corrected chi connectivity index (χ3v) is 7.63. The van der Waals surface area contributed by atoms with Gasteiger partial charge in [0.15, 0.2) is 0 Å². The highest BCUT2D eigenvalue weighted by atomic mass is 16.4. The Hall–Kier alpha value is -3.72. The molecule has 39 heavy (non-hydrogen) atoms. The van der Waals surface area contributed by atoms with Gasteiger partial charge in [-0.25, -0.2) is 4.79 Å². The minimum atomic E-state index is -1.02. The molecule has 9 nitrogen and oxygen atoms in total. The van der Waals surface area contributed by atoms with E-state index >= 15 is 0 Å². The first-order valence-electron chi connectivity index (χ1n) is 13.8. The molecule has 4 unspecified atom stereocenters. The predicted molar refractivity (Wildman–Crippen MR) is 147 cm³/mol. The zero-order chi connectivity index (χ0) is 27.8. The molecule has 2 heterocycles. The monoisotopic (exact) mass is 534 g/mol. The molecule has 2 fully saturated rings. The molecule has 2 aromatic carbocycles. The normalized spacial score (nSPS) is 20.4. The third kappa shape index (κ3) is 7.44. The zero-order valence-corrected chi connectivity index (χ0v) is 22.2. The molecule has 4 N–H and O–H groups in total. The lowest BCUT2D eigenvalue weighted by Gasteiger charge is -2.32. The first-order chi connectivity index (χ1) is 18.8. The second kappa shape index (κ2) is 13.4. The smallest absolute Gasteiger partial charge is 0.326 e. The van der Waals surface area contributed by atoms with Crippen molar-refractivity contribution in [3.8, 4) is 0 Å². The van der Waals surface area contributed by atoms with Gasteiger partial charge in [0.05, 0.1) is 0 Å². The summed E-state index contributed by atoms with van der Waals surface area (Å²) in [7, 11) is 0. The molecule has 4 atom stereocenters. The number of carbonyl (C=O) groups excluding carboxylic acids is 3. The van der Waals surface area contributed by atoms with Crippen molar-refractivity contribution in [3.63, 3.8) is 0 Å². The van der Waals surface area contributed by atoms with E-state index in [1.807, 2.05) is 60.7 Å². The molecule has 9 heteroatoms. The number of carboxylic acid groups (broad SMARTS) is 1. The molecule has 2 aliphatic heterocycles. The number of benzene rings is 2. The molecule has 2 aliphatic rings. The highest BCUT2D eigenvalue weighted by Crippen LogP contribution is 2.26. The number of nitrogens with one attached hydrogen (secondary N) is 1. The molecule has 0 spiro atoms. The van der Waals surface area contributed by atoms with Gasteiger partial charge in [-0.1, -0.05) is 60.7 Å². The summed E-state index contributed by atoms with van der Waals surface area (Å²) in [5, 5.41) is 12.5. The molecule has 0 aromatic heterocycles. The van der Waals surface area contributed by atoms with Crippen molar-refractivity contribution in [1.82, 2.24) is 15.1 Å². The summed E-state index contributed by atoms with van der Waals surface area (Å²) in [6.45, 7) is 0.772. The van der Waals surface area contributed by atoms with Crippen LogP contribution in [0.15, 0.2) is 60.7 Å². The Kier molecular flexibility index (Phi) is 9.70. The van der Waals surface area contributed by atoms with Gasteiger partial charge in [0.1, 0.15) is 18.1 Å². The van der Waals surface area contributed by atoms with E-state index in [2.05, 4.69) is 5.32 Å². The Bertz CT molecular complexity index is 1140. The van der Waals surface area contributed by atoms with E-state index < -0.39 is 30.1 Å². The van der Waals surface area contributed by atoms with E-state index in [1.165, 1.54) is 4.90 Å². The lowest BCUT2D eigenvalue weighted by molar-refractivity contribution is -0.152. The Morgan fingerprint density at radius 2 is 1.46 bits per heavy atom. The summed E-state index contributed by atoms with van der Waals surface area (Å²) in [4.78, 5) is 54.8. The largest absolute Gasteiger partial charge is 0.480 e. The number of carbonyl (C=O) groups is 4. The topological polar surface area (TPSA) is 133 Å². The Labute approximate surface area is 229 Å². The van der Waals surface area contributed by atoms with Crippen LogP contribution in [0.2, 0.25) is 0 Å². The standard InChI is InChI=1S/C30H38N4O5/c31-23(19-22-11-5-2-6-12-22)20-27(35)32-24(16-15-21-9-3-1-4-10-21)28(36)33-17-7-13-25(33)29(37)34-18-8-14-26(34)30(38)39/h1-6,9-12,23-26H,7-8,13-20,31H2,(H,32,35)(H,38,39). The molecular weight excluding hydrogens is 496 g/mol. The number of aliphatic carboxylic acids is 1. The first-order valence-corrected chi connectivity index (χ1v) is 13.8. The van der Waals surface area contributed by atoms with Crippen LogP contribution in [-0.4, -0.2) is 75.9 Å². The molecule has 2 saturated heterocycles. The van der Waals surface area contributed by atoms with E-state index in [0.717, 1.165) is 11.1 Å². The minimum absolute atomic E-state index is 0.0699. The van der Waals surface area contributed by atoms with Crippen molar-refractivity contribution >= 4 is 23.7 Å². The number of carboxylic acids is 1. The van der Waals surface area contributed by atoms with Gasteiger partial charge < -0.3 is 26.0 Å². The van der Waals surface area contributed by atoms with E-state index in [4.69, 9.17) is 5.73 Å². The Morgan fingerprint density at radius 3 is 2.10 bits per heavy atom. The summed E-state index contributed by atoms with van der Waals surface area (Å²) in [6.07, 6.45) is 3.74. The van der Waals surface area contributed by atoms with Gasteiger partial charge in [-0.2, -0.15) is 0 Å². The molecule has 0 aliphatic carbocycles. The average Bonchev–Trinajstić information content (AvgIpc) is 3.62. The maximum Gasteiger partial charge on any atom is 0.326 e. The Balaban J connectivity index is 1.44. The van der Waals surface area contributed by atoms with Crippen LogP contribution >= 0.6 is 0 Å².